The molecule has 0 spiro atoms. The molecule has 3 aromatic carbocycles. The van der Waals surface area contributed by atoms with Gasteiger partial charge in [-0.15, -0.1) is 0 Å². The Balaban J connectivity index is 1.36. The largest absolute Gasteiger partial charge is 0.490 e. The first-order valence-corrected chi connectivity index (χ1v) is 11.2. The molecule has 1 aliphatic heterocycles. The van der Waals surface area contributed by atoms with Gasteiger partial charge in [-0.05, 0) is 53.2 Å². The van der Waals surface area contributed by atoms with E-state index in [1.807, 2.05) is 36.4 Å². The lowest BCUT2D eigenvalue weighted by atomic mass is 10.2. The molecular formula is C25H20N2O6S. The summed E-state index contributed by atoms with van der Waals surface area (Å²) in [5, 5.41) is 10.4. The number of para-hydroxylation sites is 1. The maximum atomic E-state index is 12.8. The molecule has 1 aliphatic rings. The molecule has 0 aromatic heterocycles. The maximum Gasteiger partial charge on any atom is 0.293 e. The average Bonchev–Trinajstić information content (AvgIpc) is 3.10. The van der Waals surface area contributed by atoms with Gasteiger partial charge in [-0.3, -0.25) is 24.6 Å². The highest BCUT2D eigenvalue weighted by Gasteiger charge is 2.35. The first-order chi connectivity index (χ1) is 16.5. The molecule has 1 saturated heterocycles. The van der Waals surface area contributed by atoms with Crippen LogP contribution in [0, 0.1) is 10.1 Å². The summed E-state index contributed by atoms with van der Waals surface area (Å²) in [4.78, 5) is 36.9. The van der Waals surface area contributed by atoms with Crippen LogP contribution in [0.2, 0.25) is 0 Å². The third kappa shape index (κ3) is 5.81. The van der Waals surface area contributed by atoms with Crippen LogP contribution in [-0.4, -0.2) is 34.2 Å². The van der Waals surface area contributed by atoms with Crippen molar-refractivity contribution in [3.63, 3.8) is 0 Å². The molecule has 0 atom stereocenters. The van der Waals surface area contributed by atoms with Crippen molar-refractivity contribution in [2.75, 3.05) is 13.2 Å². The molecule has 3 aromatic rings. The quantitative estimate of drug-likeness (QED) is 0.179. The van der Waals surface area contributed by atoms with Crippen molar-refractivity contribution in [1.29, 1.82) is 0 Å². The number of carbonyl (C=O) groups is 2. The van der Waals surface area contributed by atoms with E-state index in [2.05, 4.69) is 0 Å². The topological polar surface area (TPSA) is 99.0 Å². The second-order valence-corrected chi connectivity index (χ2v) is 8.27. The van der Waals surface area contributed by atoms with Gasteiger partial charge in [0, 0.05) is 12.1 Å². The Bertz CT molecular complexity index is 1230. The molecule has 8 nitrogen and oxygen atoms in total. The van der Waals surface area contributed by atoms with Crippen LogP contribution in [0.5, 0.6) is 11.5 Å². The first-order valence-electron chi connectivity index (χ1n) is 10.4. The first kappa shape index (κ1) is 23.1. The van der Waals surface area contributed by atoms with Crippen LogP contribution in [0.4, 0.5) is 10.5 Å². The van der Waals surface area contributed by atoms with Crippen LogP contribution >= 0.6 is 11.8 Å². The Labute approximate surface area is 199 Å². The molecule has 4 rings (SSSR count). The van der Waals surface area contributed by atoms with Gasteiger partial charge >= 0.3 is 0 Å². The number of nitro groups is 1. The summed E-state index contributed by atoms with van der Waals surface area (Å²) in [6.07, 6.45) is 1.65. The molecule has 1 fully saturated rings. The molecule has 0 saturated carbocycles. The molecule has 0 N–H and O–H groups in total. The highest BCUT2D eigenvalue weighted by molar-refractivity contribution is 8.18. The molecule has 9 heteroatoms. The van der Waals surface area contributed by atoms with Gasteiger partial charge in [0.2, 0.25) is 0 Å². The van der Waals surface area contributed by atoms with Crippen molar-refractivity contribution >= 4 is 34.7 Å². The number of rotatable bonds is 9. The molecular weight excluding hydrogens is 456 g/mol. The standard InChI is InChI=1S/C25H20N2O6S/c28-24-23(34-25(29)26(24)17-18-9-11-20(12-10-18)27(30)31)16-19-5-4-8-22(15-19)33-14-13-32-21-6-2-1-3-7-21/h1-12,15-16H,13-14,17H2/b23-16-. The Morgan fingerprint density at radius 2 is 1.56 bits per heavy atom. The van der Waals surface area contributed by atoms with Gasteiger partial charge in [-0.2, -0.15) is 0 Å². The summed E-state index contributed by atoms with van der Waals surface area (Å²) < 4.78 is 11.3. The van der Waals surface area contributed by atoms with Crippen molar-refractivity contribution in [3.05, 3.63) is 105 Å². The molecule has 0 unspecified atom stereocenters. The molecule has 34 heavy (non-hydrogen) atoms. The van der Waals surface area contributed by atoms with Crippen molar-refractivity contribution in [2.24, 2.45) is 0 Å². The molecule has 0 radical (unpaired) electrons. The van der Waals surface area contributed by atoms with Crippen LogP contribution in [0.1, 0.15) is 11.1 Å². The Morgan fingerprint density at radius 1 is 0.882 bits per heavy atom. The van der Waals surface area contributed by atoms with Gasteiger partial charge in [0.15, 0.2) is 0 Å². The number of benzene rings is 3. The lowest BCUT2D eigenvalue weighted by Crippen LogP contribution is -2.27. The van der Waals surface area contributed by atoms with Crippen molar-refractivity contribution < 1.29 is 24.0 Å². The number of nitrogens with zero attached hydrogens (tertiary/aromatic N) is 2. The summed E-state index contributed by atoms with van der Waals surface area (Å²) in [6.45, 7) is 0.782. The SMILES string of the molecule is O=C1S/C(=C\c2cccc(OCCOc3ccccc3)c2)C(=O)N1Cc1ccc([N+](=O)[O-])cc1. The van der Waals surface area contributed by atoms with E-state index in [1.165, 1.54) is 24.3 Å². The highest BCUT2D eigenvalue weighted by atomic mass is 32.2. The molecule has 172 valence electrons. The van der Waals surface area contributed by atoms with E-state index < -0.39 is 10.8 Å². The van der Waals surface area contributed by atoms with Crippen LogP contribution in [0.3, 0.4) is 0 Å². The van der Waals surface area contributed by atoms with E-state index in [9.17, 15) is 19.7 Å². The Hall–Kier alpha value is -4.11. The molecule has 1 heterocycles. The van der Waals surface area contributed by atoms with Crippen LogP contribution < -0.4 is 9.47 Å². The number of nitro benzene ring substituents is 1. The van der Waals surface area contributed by atoms with Crippen LogP contribution in [0.15, 0.2) is 83.8 Å². The molecule has 2 amide bonds. The van der Waals surface area contributed by atoms with Gasteiger partial charge in [0.25, 0.3) is 16.8 Å². The lowest BCUT2D eigenvalue weighted by Gasteiger charge is -2.12. The minimum Gasteiger partial charge on any atom is -0.490 e. The van der Waals surface area contributed by atoms with Crippen LogP contribution in [-0.2, 0) is 11.3 Å². The summed E-state index contributed by atoms with van der Waals surface area (Å²) in [7, 11) is 0. The number of hydrogen-bond donors (Lipinski definition) is 0. The fourth-order valence-electron chi connectivity index (χ4n) is 3.22. The van der Waals surface area contributed by atoms with Crippen molar-refractivity contribution in [1.82, 2.24) is 4.90 Å². The number of imide groups is 1. The normalized spacial score (nSPS) is 14.5. The second-order valence-electron chi connectivity index (χ2n) is 7.27. The number of thioether (sulfide) groups is 1. The summed E-state index contributed by atoms with van der Waals surface area (Å²) in [5.41, 5.74) is 1.30. The monoisotopic (exact) mass is 476 g/mol. The van der Waals surface area contributed by atoms with Gasteiger partial charge in [-0.25, -0.2) is 0 Å². The molecule has 0 bridgehead atoms. The predicted octanol–water partition coefficient (Wildman–Crippen LogP) is 5.29. The molecule has 0 aliphatic carbocycles. The summed E-state index contributed by atoms with van der Waals surface area (Å²) in [6, 6.07) is 22.4. The zero-order valence-electron chi connectivity index (χ0n) is 18.0. The third-order valence-electron chi connectivity index (χ3n) is 4.88. The van der Waals surface area contributed by atoms with E-state index in [-0.39, 0.29) is 17.5 Å². The van der Waals surface area contributed by atoms with Gasteiger partial charge in [0.05, 0.1) is 16.4 Å². The highest BCUT2D eigenvalue weighted by Crippen LogP contribution is 2.33. The minimum atomic E-state index is -0.499. The van der Waals surface area contributed by atoms with Gasteiger partial charge in [-0.1, -0.05) is 42.5 Å². The summed E-state index contributed by atoms with van der Waals surface area (Å²) >= 11 is 0.858. The Kier molecular flexibility index (Phi) is 7.24. The number of amides is 2. The summed E-state index contributed by atoms with van der Waals surface area (Å²) in [5.74, 6) is 0.982. The predicted molar refractivity (Wildman–Crippen MR) is 128 cm³/mol. The Morgan fingerprint density at radius 3 is 2.26 bits per heavy atom. The van der Waals surface area contributed by atoms with E-state index in [0.29, 0.717) is 29.4 Å². The number of carbonyl (C=O) groups excluding carboxylic acids is 2. The van der Waals surface area contributed by atoms with Crippen LogP contribution in [0.25, 0.3) is 6.08 Å². The lowest BCUT2D eigenvalue weighted by molar-refractivity contribution is -0.384. The third-order valence-corrected chi connectivity index (χ3v) is 5.79. The van der Waals surface area contributed by atoms with Crippen molar-refractivity contribution in [3.8, 4) is 11.5 Å². The minimum absolute atomic E-state index is 0.0462. The second kappa shape index (κ2) is 10.7. The van der Waals surface area contributed by atoms with E-state index in [0.717, 1.165) is 28.0 Å². The number of non-ortho nitro benzene ring substituents is 1. The average molecular weight is 477 g/mol. The van der Waals surface area contributed by atoms with E-state index in [1.54, 1.807) is 24.3 Å². The van der Waals surface area contributed by atoms with Gasteiger partial charge < -0.3 is 9.47 Å². The van der Waals surface area contributed by atoms with Crippen molar-refractivity contribution in [2.45, 2.75) is 6.54 Å². The number of ether oxygens (including phenoxy) is 2. The van der Waals surface area contributed by atoms with E-state index in [4.69, 9.17) is 9.47 Å². The van der Waals surface area contributed by atoms with Gasteiger partial charge in [0.1, 0.15) is 24.7 Å². The zero-order valence-corrected chi connectivity index (χ0v) is 18.8. The smallest absolute Gasteiger partial charge is 0.293 e. The maximum absolute atomic E-state index is 12.8. The van der Waals surface area contributed by atoms with E-state index >= 15 is 0 Å². The fraction of sp³-hybridized carbons (Fsp3) is 0.120. The number of hydrogen-bond acceptors (Lipinski definition) is 7. The fourth-order valence-corrected chi connectivity index (χ4v) is 4.06. The zero-order chi connectivity index (χ0) is 23.9.